The Morgan fingerprint density at radius 1 is 1.43 bits per heavy atom. The zero-order valence-corrected chi connectivity index (χ0v) is 13.5. The number of aldehydes is 1. The maximum atomic E-state index is 12.3. The summed E-state index contributed by atoms with van der Waals surface area (Å²) in [7, 11) is 0. The molecule has 0 bridgehead atoms. The van der Waals surface area contributed by atoms with Crippen molar-refractivity contribution in [2.45, 2.75) is 39.7 Å². The average molecular weight is 305 g/mol. The number of thiophene rings is 1. The molecule has 2 rings (SSSR count). The van der Waals surface area contributed by atoms with E-state index in [1.165, 1.54) is 11.3 Å². The fraction of sp³-hybridized carbons (Fsp3) is 0.375. The van der Waals surface area contributed by atoms with Gasteiger partial charge in [0, 0.05) is 11.3 Å². The number of rotatable bonds is 4. The van der Waals surface area contributed by atoms with Crippen LogP contribution in [0.5, 0.6) is 0 Å². The number of ether oxygens (including phenoxy) is 1. The molecule has 21 heavy (non-hydrogen) atoms. The van der Waals surface area contributed by atoms with Gasteiger partial charge >= 0.3 is 5.97 Å². The first kappa shape index (κ1) is 15.5. The van der Waals surface area contributed by atoms with Crippen molar-refractivity contribution in [3.8, 4) is 11.3 Å². The van der Waals surface area contributed by atoms with E-state index in [1.54, 1.807) is 0 Å². The van der Waals surface area contributed by atoms with Gasteiger partial charge in [0.1, 0.15) is 11.3 Å². The van der Waals surface area contributed by atoms with Crippen LogP contribution >= 0.6 is 11.3 Å². The largest absolute Gasteiger partial charge is 0.455 e. The van der Waals surface area contributed by atoms with Gasteiger partial charge in [0.15, 0.2) is 6.29 Å². The minimum atomic E-state index is -0.538. The zero-order valence-electron chi connectivity index (χ0n) is 12.6. The molecular formula is C16H19NO3S. The lowest BCUT2D eigenvalue weighted by Gasteiger charge is -2.19. The first-order chi connectivity index (χ1) is 9.85. The minimum Gasteiger partial charge on any atom is -0.455 e. The van der Waals surface area contributed by atoms with E-state index in [-0.39, 0.29) is 5.97 Å². The third-order valence-corrected chi connectivity index (χ3v) is 3.82. The molecular weight excluding hydrogens is 286 g/mol. The first-order valence-corrected chi connectivity index (χ1v) is 7.72. The van der Waals surface area contributed by atoms with Gasteiger partial charge in [0.25, 0.3) is 0 Å². The Balaban J connectivity index is 2.40. The number of aryl methyl sites for hydroxylation is 1. The lowest BCUT2D eigenvalue weighted by atomic mass is 10.1. The SMILES string of the molecule is CCc1cc(-c2ccsc2C=O)[nH]c1C(=O)OC(C)(C)C. The normalized spacial score (nSPS) is 11.4. The van der Waals surface area contributed by atoms with Gasteiger partial charge in [-0.15, -0.1) is 11.3 Å². The first-order valence-electron chi connectivity index (χ1n) is 6.84. The minimum absolute atomic E-state index is 0.367. The quantitative estimate of drug-likeness (QED) is 0.684. The molecule has 0 fully saturated rings. The van der Waals surface area contributed by atoms with E-state index in [2.05, 4.69) is 4.98 Å². The Labute approximate surface area is 128 Å². The standard InChI is InChI=1S/C16H19NO3S/c1-5-10-8-12(11-6-7-21-13(11)9-18)17-14(10)15(19)20-16(2,3)4/h6-9,17H,5H2,1-4H3. The third kappa shape index (κ3) is 3.42. The van der Waals surface area contributed by atoms with Crippen molar-refractivity contribution in [3.05, 3.63) is 33.6 Å². The maximum absolute atomic E-state index is 12.3. The van der Waals surface area contributed by atoms with Crippen molar-refractivity contribution < 1.29 is 14.3 Å². The van der Waals surface area contributed by atoms with Gasteiger partial charge in [0.2, 0.25) is 0 Å². The van der Waals surface area contributed by atoms with E-state index in [9.17, 15) is 9.59 Å². The highest BCUT2D eigenvalue weighted by atomic mass is 32.1. The van der Waals surface area contributed by atoms with Crippen molar-refractivity contribution in [2.75, 3.05) is 0 Å². The molecule has 5 heteroatoms. The lowest BCUT2D eigenvalue weighted by Crippen LogP contribution is -2.24. The predicted octanol–water partition coefficient (Wildman–Crippen LogP) is 4.07. The average Bonchev–Trinajstić information content (AvgIpc) is 3.02. The second kappa shape index (κ2) is 5.85. The summed E-state index contributed by atoms with van der Waals surface area (Å²) in [6.45, 7) is 7.49. The Hall–Kier alpha value is -1.88. The van der Waals surface area contributed by atoms with Crippen molar-refractivity contribution in [2.24, 2.45) is 0 Å². The molecule has 0 atom stereocenters. The van der Waals surface area contributed by atoms with E-state index in [0.717, 1.165) is 23.1 Å². The van der Waals surface area contributed by atoms with E-state index in [1.807, 2.05) is 45.2 Å². The van der Waals surface area contributed by atoms with Crippen molar-refractivity contribution >= 4 is 23.6 Å². The van der Waals surface area contributed by atoms with Crippen LogP contribution in [0.4, 0.5) is 0 Å². The second-order valence-electron chi connectivity index (χ2n) is 5.76. The monoisotopic (exact) mass is 305 g/mol. The molecule has 0 unspecified atom stereocenters. The van der Waals surface area contributed by atoms with Crippen LogP contribution < -0.4 is 0 Å². The molecule has 112 valence electrons. The van der Waals surface area contributed by atoms with Crippen molar-refractivity contribution in [1.29, 1.82) is 0 Å². The molecule has 0 aliphatic rings. The topological polar surface area (TPSA) is 59.2 Å². The van der Waals surface area contributed by atoms with Crippen molar-refractivity contribution in [3.63, 3.8) is 0 Å². The molecule has 0 radical (unpaired) electrons. The molecule has 4 nitrogen and oxygen atoms in total. The van der Waals surface area contributed by atoms with E-state index >= 15 is 0 Å². The summed E-state index contributed by atoms with van der Waals surface area (Å²) < 4.78 is 5.42. The number of carbonyl (C=O) groups is 2. The lowest BCUT2D eigenvalue weighted by molar-refractivity contribution is 0.00625. The molecule has 0 aliphatic heterocycles. The highest BCUT2D eigenvalue weighted by molar-refractivity contribution is 7.12. The van der Waals surface area contributed by atoms with Gasteiger partial charge in [0.05, 0.1) is 4.88 Å². The summed E-state index contributed by atoms with van der Waals surface area (Å²) in [5.41, 5.74) is 2.41. The highest BCUT2D eigenvalue weighted by Gasteiger charge is 2.22. The third-order valence-electron chi connectivity index (χ3n) is 2.98. The van der Waals surface area contributed by atoms with Gasteiger partial charge < -0.3 is 9.72 Å². The molecule has 0 saturated carbocycles. The van der Waals surface area contributed by atoms with Gasteiger partial charge in [-0.3, -0.25) is 4.79 Å². The number of nitrogens with one attached hydrogen (secondary N) is 1. The summed E-state index contributed by atoms with van der Waals surface area (Å²) in [6.07, 6.45) is 1.55. The zero-order chi connectivity index (χ0) is 15.6. The molecule has 0 spiro atoms. The fourth-order valence-corrected chi connectivity index (χ4v) is 2.78. The number of carbonyl (C=O) groups excluding carboxylic acids is 2. The van der Waals surface area contributed by atoms with Gasteiger partial charge in [-0.05, 0) is 50.3 Å². The number of hydrogen-bond donors (Lipinski definition) is 1. The molecule has 0 saturated heterocycles. The van der Waals surface area contributed by atoms with Crippen LogP contribution in [0.25, 0.3) is 11.3 Å². The van der Waals surface area contributed by atoms with Crippen LogP contribution in [0.3, 0.4) is 0 Å². The second-order valence-corrected chi connectivity index (χ2v) is 6.70. The van der Waals surface area contributed by atoms with Crippen molar-refractivity contribution in [1.82, 2.24) is 4.98 Å². The van der Waals surface area contributed by atoms with Gasteiger partial charge in [-0.2, -0.15) is 0 Å². The van der Waals surface area contributed by atoms with E-state index in [0.29, 0.717) is 17.0 Å². The summed E-state index contributed by atoms with van der Waals surface area (Å²) >= 11 is 1.38. The Morgan fingerprint density at radius 2 is 2.14 bits per heavy atom. The van der Waals surface area contributed by atoms with Gasteiger partial charge in [-0.25, -0.2) is 4.79 Å². The number of aromatic nitrogens is 1. The molecule has 2 aromatic heterocycles. The molecule has 0 aliphatic carbocycles. The number of aromatic amines is 1. The van der Waals surface area contributed by atoms with Crippen LogP contribution in [0.15, 0.2) is 17.5 Å². The Bertz CT molecular complexity index is 661. The number of esters is 1. The molecule has 2 aromatic rings. The maximum Gasteiger partial charge on any atom is 0.355 e. The van der Waals surface area contributed by atoms with Crippen LogP contribution in [0, 0.1) is 0 Å². The summed E-state index contributed by atoms with van der Waals surface area (Å²) in [6, 6.07) is 3.78. The van der Waals surface area contributed by atoms with Crippen LogP contribution in [-0.4, -0.2) is 22.8 Å². The molecule has 0 aromatic carbocycles. The predicted molar refractivity (Wildman–Crippen MR) is 84.0 cm³/mol. The molecule has 1 N–H and O–H groups in total. The molecule has 2 heterocycles. The summed E-state index contributed by atoms with van der Waals surface area (Å²) in [5, 5.41) is 1.86. The Morgan fingerprint density at radius 3 is 2.71 bits per heavy atom. The Kier molecular flexibility index (Phi) is 4.32. The summed E-state index contributed by atoms with van der Waals surface area (Å²) in [4.78, 5) is 27.1. The number of hydrogen-bond acceptors (Lipinski definition) is 4. The molecule has 0 amide bonds. The van der Waals surface area contributed by atoms with E-state index < -0.39 is 5.60 Å². The summed E-state index contributed by atoms with van der Waals surface area (Å²) in [5.74, 6) is -0.367. The fourth-order valence-electron chi connectivity index (χ4n) is 2.07. The van der Waals surface area contributed by atoms with Gasteiger partial charge in [-0.1, -0.05) is 6.92 Å². The number of H-pyrrole nitrogens is 1. The van der Waals surface area contributed by atoms with Crippen LogP contribution in [0.2, 0.25) is 0 Å². The smallest absolute Gasteiger partial charge is 0.355 e. The highest BCUT2D eigenvalue weighted by Crippen LogP contribution is 2.29. The van der Waals surface area contributed by atoms with E-state index in [4.69, 9.17) is 4.74 Å². The van der Waals surface area contributed by atoms with Crippen LogP contribution in [0.1, 0.15) is 53.4 Å². The van der Waals surface area contributed by atoms with Crippen LogP contribution in [-0.2, 0) is 11.2 Å².